The molecule has 0 aromatic heterocycles. The monoisotopic (exact) mass is 314 g/mol. The summed E-state index contributed by atoms with van der Waals surface area (Å²) in [4.78, 5) is 12.0. The maximum atomic E-state index is 12.0. The third kappa shape index (κ3) is 2.82. The summed E-state index contributed by atoms with van der Waals surface area (Å²) < 4.78 is 5.99. The van der Waals surface area contributed by atoms with Gasteiger partial charge in [0.15, 0.2) is 0 Å². The lowest BCUT2D eigenvalue weighted by Crippen LogP contribution is -2.43. The van der Waals surface area contributed by atoms with Crippen molar-refractivity contribution in [3.05, 3.63) is 28.2 Å². The van der Waals surface area contributed by atoms with Gasteiger partial charge in [-0.15, -0.1) is 0 Å². The fraction of sp³-hybridized carbons (Fsp3) is 0.417. The molecule has 1 amide bonds. The molecule has 0 spiro atoms. The van der Waals surface area contributed by atoms with E-state index in [2.05, 4.69) is 26.6 Å². The van der Waals surface area contributed by atoms with Crippen molar-refractivity contribution in [3.8, 4) is 5.75 Å². The van der Waals surface area contributed by atoms with Crippen LogP contribution in [0.2, 0.25) is 0 Å². The first kappa shape index (κ1) is 13.3. The second-order valence-electron chi connectivity index (χ2n) is 4.17. The Bertz CT molecular complexity index is 453. The molecule has 98 valence electrons. The molecule has 0 aliphatic carbocycles. The zero-order valence-electron chi connectivity index (χ0n) is 9.94. The minimum atomic E-state index is -0.296. The number of methoxy groups -OCH3 is 1. The maximum absolute atomic E-state index is 12.0. The van der Waals surface area contributed by atoms with E-state index < -0.39 is 0 Å². The van der Waals surface area contributed by atoms with Crippen molar-refractivity contribution in [2.24, 2.45) is 0 Å². The van der Waals surface area contributed by atoms with Gasteiger partial charge in [0.1, 0.15) is 5.75 Å². The summed E-state index contributed by atoms with van der Waals surface area (Å²) >= 11 is 3.23. The number of aromatic hydroxyl groups is 1. The van der Waals surface area contributed by atoms with Crippen LogP contribution in [0.1, 0.15) is 10.4 Å². The summed E-state index contributed by atoms with van der Waals surface area (Å²) in [6, 6.07) is 4.72. The van der Waals surface area contributed by atoms with Crippen molar-refractivity contribution in [2.75, 3.05) is 20.2 Å². The molecular formula is C12H15BrN2O3. The summed E-state index contributed by atoms with van der Waals surface area (Å²) in [7, 11) is 1.62. The van der Waals surface area contributed by atoms with Crippen LogP contribution in [0.5, 0.6) is 5.75 Å². The average Bonchev–Trinajstić information content (AvgIpc) is 2.76. The molecule has 1 fully saturated rings. The molecule has 6 heteroatoms. The number of hydrogen-bond acceptors (Lipinski definition) is 4. The number of phenolic OH excluding ortho intramolecular Hbond substituents is 1. The number of phenols is 1. The molecule has 1 unspecified atom stereocenters. The van der Waals surface area contributed by atoms with Crippen LogP contribution in [0.25, 0.3) is 0 Å². The number of benzene rings is 1. The Morgan fingerprint density at radius 1 is 1.56 bits per heavy atom. The van der Waals surface area contributed by atoms with Gasteiger partial charge in [0, 0.05) is 24.7 Å². The van der Waals surface area contributed by atoms with Gasteiger partial charge in [-0.3, -0.25) is 4.79 Å². The number of ether oxygens (including phenoxy) is 1. The first-order valence-corrected chi connectivity index (χ1v) is 6.44. The molecule has 3 N–H and O–H groups in total. The molecule has 2 atom stereocenters. The highest BCUT2D eigenvalue weighted by Crippen LogP contribution is 2.22. The van der Waals surface area contributed by atoms with Crippen LogP contribution >= 0.6 is 15.9 Å². The van der Waals surface area contributed by atoms with E-state index in [1.54, 1.807) is 19.2 Å². The largest absolute Gasteiger partial charge is 0.507 e. The number of amides is 1. The Morgan fingerprint density at radius 3 is 3.00 bits per heavy atom. The van der Waals surface area contributed by atoms with Crippen molar-refractivity contribution >= 4 is 21.8 Å². The van der Waals surface area contributed by atoms with Crippen LogP contribution in [0.3, 0.4) is 0 Å². The van der Waals surface area contributed by atoms with E-state index in [1.807, 2.05) is 0 Å². The Balaban J connectivity index is 2.07. The number of nitrogens with one attached hydrogen (secondary N) is 2. The smallest absolute Gasteiger partial charge is 0.255 e. The van der Waals surface area contributed by atoms with Crippen molar-refractivity contribution in [2.45, 2.75) is 12.1 Å². The first-order valence-electron chi connectivity index (χ1n) is 5.64. The van der Waals surface area contributed by atoms with E-state index in [4.69, 9.17) is 4.74 Å². The van der Waals surface area contributed by atoms with Crippen LogP contribution < -0.4 is 10.6 Å². The minimum absolute atomic E-state index is 0.0356. The molecular weight excluding hydrogens is 300 g/mol. The molecule has 0 radical (unpaired) electrons. The zero-order chi connectivity index (χ0) is 13.1. The Labute approximate surface area is 114 Å². The Hall–Kier alpha value is -1.11. The molecule has 2 rings (SSSR count). The van der Waals surface area contributed by atoms with Gasteiger partial charge in [0.05, 0.1) is 17.7 Å². The van der Waals surface area contributed by atoms with Crippen molar-refractivity contribution in [1.82, 2.24) is 10.6 Å². The lowest BCUT2D eigenvalue weighted by Gasteiger charge is -2.18. The fourth-order valence-corrected chi connectivity index (χ4v) is 2.34. The predicted octanol–water partition coefficient (Wildman–Crippen LogP) is 0.871. The minimum Gasteiger partial charge on any atom is -0.507 e. The summed E-state index contributed by atoms with van der Waals surface area (Å²) in [6.45, 7) is 1.38. The van der Waals surface area contributed by atoms with Gasteiger partial charge in [-0.25, -0.2) is 0 Å². The molecule has 1 aromatic carbocycles. The highest BCUT2D eigenvalue weighted by molar-refractivity contribution is 9.10. The number of rotatable bonds is 3. The van der Waals surface area contributed by atoms with Crippen molar-refractivity contribution in [1.29, 1.82) is 0 Å². The number of carbonyl (C=O) groups excluding carboxylic acids is 1. The van der Waals surface area contributed by atoms with E-state index in [-0.39, 0.29) is 29.4 Å². The Kier molecular flexibility index (Phi) is 4.21. The highest BCUT2D eigenvalue weighted by atomic mass is 79.9. The Morgan fingerprint density at radius 2 is 2.33 bits per heavy atom. The van der Waals surface area contributed by atoms with E-state index in [1.165, 1.54) is 6.07 Å². The van der Waals surface area contributed by atoms with Crippen molar-refractivity contribution < 1.29 is 14.6 Å². The molecule has 1 saturated heterocycles. The number of halogens is 1. The molecule has 1 aliphatic heterocycles. The second kappa shape index (κ2) is 5.69. The van der Waals surface area contributed by atoms with Gasteiger partial charge in [-0.1, -0.05) is 15.9 Å². The van der Waals surface area contributed by atoms with Gasteiger partial charge in [-0.2, -0.15) is 0 Å². The number of carbonyl (C=O) groups is 1. The molecule has 1 aromatic rings. The average molecular weight is 315 g/mol. The van der Waals surface area contributed by atoms with Crippen LogP contribution in [0, 0.1) is 0 Å². The molecule has 0 saturated carbocycles. The zero-order valence-corrected chi connectivity index (χ0v) is 11.5. The molecule has 1 heterocycles. The van der Waals surface area contributed by atoms with Crippen LogP contribution in [0.4, 0.5) is 0 Å². The van der Waals surface area contributed by atoms with E-state index in [0.717, 1.165) is 4.47 Å². The maximum Gasteiger partial charge on any atom is 0.255 e. The van der Waals surface area contributed by atoms with Gasteiger partial charge in [0.25, 0.3) is 5.91 Å². The van der Waals surface area contributed by atoms with Gasteiger partial charge >= 0.3 is 0 Å². The third-order valence-corrected chi connectivity index (χ3v) is 3.48. The van der Waals surface area contributed by atoms with Crippen LogP contribution in [-0.4, -0.2) is 43.4 Å². The summed E-state index contributed by atoms with van der Waals surface area (Å²) in [5.41, 5.74) is 0.264. The standard InChI is InChI=1S/C12H15BrN2O3/c1-18-11-6-14-5-9(11)15-12(17)8-3-2-7(13)4-10(8)16/h2-4,9,11,14,16H,5-6H2,1H3,(H,15,17)/t9?,11-/m0/s1. The molecule has 0 bridgehead atoms. The summed E-state index contributed by atoms with van der Waals surface area (Å²) in [5, 5.41) is 15.7. The van der Waals surface area contributed by atoms with Gasteiger partial charge in [0.2, 0.25) is 0 Å². The third-order valence-electron chi connectivity index (χ3n) is 2.98. The van der Waals surface area contributed by atoms with E-state index in [9.17, 15) is 9.90 Å². The lowest BCUT2D eigenvalue weighted by atomic mass is 10.1. The molecule has 5 nitrogen and oxygen atoms in total. The van der Waals surface area contributed by atoms with E-state index >= 15 is 0 Å². The lowest BCUT2D eigenvalue weighted by molar-refractivity contribution is 0.0778. The molecule has 1 aliphatic rings. The van der Waals surface area contributed by atoms with Crippen LogP contribution in [-0.2, 0) is 4.74 Å². The second-order valence-corrected chi connectivity index (χ2v) is 5.09. The molecule has 18 heavy (non-hydrogen) atoms. The van der Waals surface area contributed by atoms with Crippen LogP contribution in [0.15, 0.2) is 22.7 Å². The van der Waals surface area contributed by atoms with Gasteiger partial charge in [-0.05, 0) is 18.2 Å². The van der Waals surface area contributed by atoms with Crippen molar-refractivity contribution in [3.63, 3.8) is 0 Å². The predicted molar refractivity (Wildman–Crippen MR) is 70.7 cm³/mol. The topological polar surface area (TPSA) is 70.6 Å². The van der Waals surface area contributed by atoms with E-state index in [0.29, 0.717) is 13.1 Å². The summed E-state index contributed by atoms with van der Waals surface area (Å²) in [6.07, 6.45) is -0.0356. The number of hydrogen-bond donors (Lipinski definition) is 3. The normalized spacial score (nSPS) is 23.0. The first-order chi connectivity index (χ1) is 8.61. The highest BCUT2D eigenvalue weighted by Gasteiger charge is 2.28. The quantitative estimate of drug-likeness (QED) is 0.774. The SMILES string of the molecule is CO[C@H]1CNCC1NC(=O)c1ccc(Br)cc1O. The van der Waals surface area contributed by atoms with Gasteiger partial charge < -0.3 is 20.5 Å². The fourth-order valence-electron chi connectivity index (χ4n) is 1.99. The summed E-state index contributed by atoms with van der Waals surface area (Å²) in [5.74, 6) is -0.336.